The molecule has 0 aliphatic heterocycles. The number of hydrogen-bond donors (Lipinski definition) is 4. The summed E-state index contributed by atoms with van der Waals surface area (Å²) in [6, 6.07) is 7.57. The highest BCUT2D eigenvalue weighted by atomic mass is 17.0. The topological polar surface area (TPSA) is 184 Å². The molecule has 0 spiro atoms. The van der Waals surface area contributed by atoms with E-state index in [4.69, 9.17) is 30.0 Å². The fourth-order valence-electron chi connectivity index (χ4n) is 2.11. The number of benzene rings is 1. The van der Waals surface area contributed by atoms with Crippen molar-refractivity contribution < 1.29 is 48.9 Å². The summed E-state index contributed by atoms with van der Waals surface area (Å²) in [5, 5.41) is 35.5. The van der Waals surface area contributed by atoms with E-state index in [1.54, 1.807) is 18.2 Å². The van der Waals surface area contributed by atoms with Gasteiger partial charge in [0.25, 0.3) is 5.60 Å². The number of aliphatic hydroxyl groups excluding tert-OH is 1. The van der Waals surface area contributed by atoms with E-state index >= 15 is 0 Å². The van der Waals surface area contributed by atoms with Crippen LogP contribution in [0.1, 0.15) is 38.7 Å². The van der Waals surface area contributed by atoms with E-state index in [1.165, 1.54) is 12.1 Å². The smallest absolute Gasteiger partial charge is 0.379 e. The quantitative estimate of drug-likeness (QED) is 0.123. The second-order valence-electron chi connectivity index (χ2n) is 6.79. The average Bonchev–Trinajstić information content (AvgIpc) is 2.77. The van der Waals surface area contributed by atoms with Gasteiger partial charge in [0.2, 0.25) is 5.84 Å². The van der Waals surface area contributed by atoms with Crippen molar-refractivity contribution >= 4 is 29.7 Å². The molecule has 1 rings (SSSR count). The van der Waals surface area contributed by atoms with E-state index < -0.39 is 41.2 Å². The molecule has 0 saturated carbocycles. The molecule has 0 heterocycles. The molecule has 1 aromatic carbocycles. The summed E-state index contributed by atoms with van der Waals surface area (Å²) < 4.78 is 5.19. The van der Waals surface area contributed by atoms with Gasteiger partial charge in [0.05, 0.1) is 0 Å². The Morgan fingerprint density at radius 2 is 1.69 bits per heavy atom. The zero-order valence-corrected chi connectivity index (χ0v) is 17.6. The number of carbonyl (C=O) groups excluding carboxylic acids is 2. The summed E-state index contributed by atoms with van der Waals surface area (Å²) in [6.07, 6.45) is 1.35. The molecule has 1 aromatic rings. The van der Waals surface area contributed by atoms with Crippen LogP contribution in [0.2, 0.25) is 0 Å². The summed E-state index contributed by atoms with van der Waals surface area (Å²) in [7, 11) is 0. The zero-order chi connectivity index (χ0) is 24.3. The van der Waals surface area contributed by atoms with Gasteiger partial charge in [-0.05, 0) is 38.3 Å². The van der Waals surface area contributed by atoms with Gasteiger partial charge in [0, 0.05) is 18.8 Å². The Kier molecular flexibility index (Phi) is 10.3. The first-order valence-corrected chi connectivity index (χ1v) is 9.64. The fraction of sp³-hybridized carbons (Fsp3) is 0.450. The number of rotatable bonds is 11. The first-order valence-electron chi connectivity index (χ1n) is 9.64. The number of aliphatic hydroxyl groups is 1. The molecule has 0 radical (unpaired) electrons. The largest absolute Gasteiger partial charge is 0.481 e. The molecule has 0 fully saturated rings. The molecule has 32 heavy (non-hydrogen) atoms. The number of aliphatic carboxylic acids is 2. The summed E-state index contributed by atoms with van der Waals surface area (Å²) in [6.45, 7) is 1.75. The third-order valence-corrected chi connectivity index (χ3v) is 4.28. The van der Waals surface area contributed by atoms with E-state index in [-0.39, 0.29) is 24.0 Å². The molecule has 12 heteroatoms. The first-order chi connectivity index (χ1) is 15.0. The minimum absolute atomic E-state index is 0.0467. The average molecular weight is 454 g/mol. The maximum Gasteiger partial charge on any atom is 0.379 e. The van der Waals surface area contributed by atoms with Gasteiger partial charge < -0.3 is 29.7 Å². The van der Waals surface area contributed by atoms with Crippen LogP contribution < -0.4 is 0 Å². The van der Waals surface area contributed by atoms with Gasteiger partial charge in [-0.2, -0.15) is 0 Å². The molecule has 0 bridgehead atoms. The van der Waals surface area contributed by atoms with E-state index in [0.717, 1.165) is 13.8 Å². The third kappa shape index (κ3) is 7.32. The summed E-state index contributed by atoms with van der Waals surface area (Å²) in [5.41, 5.74) is -2.39. The van der Waals surface area contributed by atoms with Crippen LogP contribution in [0, 0.1) is 11.3 Å². The highest BCUT2D eigenvalue weighted by molar-refractivity contribution is 6.03. The summed E-state index contributed by atoms with van der Waals surface area (Å²) in [4.78, 5) is 57.1. The SMILES string of the molecule is CC(C(=O)O)C(=O)ON(OC(=O)C(C)(OCCCCCO)C(=O)O)C(=N)c1ccccc1. The molecule has 0 aromatic heterocycles. The van der Waals surface area contributed by atoms with E-state index in [0.29, 0.717) is 19.3 Å². The predicted octanol–water partition coefficient (Wildman–Crippen LogP) is 0.974. The Morgan fingerprint density at radius 1 is 1.06 bits per heavy atom. The Morgan fingerprint density at radius 3 is 2.22 bits per heavy atom. The van der Waals surface area contributed by atoms with E-state index in [1.807, 2.05) is 0 Å². The molecule has 2 atom stereocenters. The number of carboxylic acid groups (broad SMARTS) is 2. The van der Waals surface area contributed by atoms with Crippen molar-refractivity contribution in [1.29, 1.82) is 5.41 Å². The highest BCUT2D eigenvalue weighted by Gasteiger charge is 2.47. The van der Waals surface area contributed by atoms with E-state index in [2.05, 4.69) is 0 Å². The van der Waals surface area contributed by atoms with Crippen molar-refractivity contribution in [2.75, 3.05) is 13.2 Å². The van der Waals surface area contributed by atoms with Crippen molar-refractivity contribution in [3.63, 3.8) is 0 Å². The Labute approximate surface area is 183 Å². The van der Waals surface area contributed by atoms with Crippen molar-refractivity contribution in [3.8, 4) is 0 Å². The second-order valence-corrected chi connectivity index (χ2v) is 6.79. The van der Waals surface area contributed by atoms with E-state index in [9.17, 15) is 24.3 Å². The molecule has 0 aliphatic carbocycles. The lowest BCUT2D eigenvalue weighted by Gasteiger charge is -2.27. The Balaban J connectivity index is 3.07. The minimum Gasteiger partial charge on any atom is -0.481 e. The highest BCUT2D eigenvalue weighted by Crippen LogP contribution is 2.18. The monoisotopic (exact) mass is 454 g/mol. The Hall–Kier alpha value is -3.51. The number of nitrogens with one attached hydrogen (secondary N) is 1. The normalized spacial score (nSPS) is 13.3. The number of nitrogens with zero attached hydrogens (tertiary/aromatic N) is 1. The molecule has 2 unspecified atom stereocenters. The maximum absolute atomic E-state index is 12.6. The molecule has 4 N–H and O–H groups in total. The predicted molar refractivity (Wildman–Crippen MR) is 107 cm³/mol. The number of hydrogen-bond acceptors (Lipinski definition) is 9. The van der Waals surface area contributed by atoms with Crippen molar-refractivity contribution in [1.82, 2.24) is 5.23 Å². The lowest BCUT2D eigenvalue weighted by molar-refractivity contribution is -0.292. The third-order valence-electron chi connectivity index (χ3n) is 4.28. The van der Waals surface area contributed by atoms with Gasteiger partial charge in [0.1, 0.15) is 0 Å². The Bertz CT molecular complexity index is 829. The number of carboxylic acids is 2. The van der Waals surface area contributed by atoms with Crippen LogP contribution in [-0.4, -0.2) is 69.1 Å². The van der Waals surface area contributed by atoms with Gasteiger partial charge in [-0.1, -0.05) is 30.3 Å². The number of ether oxygens (including phenoxy) is 1. The van der Waals surface area contributed by atoms with Crippen LogP contribution in [0.5, 0.6) is 0 Å². The minimum atomic E-state index is -2.51. The van der Waals surface area contributed by atoms with Crippen molar-refractivity contribution in [3.05, 3.63) is 35.9 Å². The van der Waals surface area contributed by atoms with Crippen molar-refractivity contribution in [2.24, 2.45) is 5.92 Å². The first kappa shape index (κ1) is 26.5. The van der Waals surface area contributed by atoms with Crippen LogP contribution in [0.25, 0.3) is 0 Å². The number of unbranched alkanes of at least 4 members (excludes halogenated alkanes) is 2. The number of carbonyl (C=O) groups is 4. The van der Waals surface area contributed by atoms with Crippen LogP contribution >= 0.6 is 0 Å². The van der Waals surface area contributed by atoms with Crippen LogP contribution in [0.15, 0.2) is 30.3 Å². The summed E-state index contributed by atoms with van der Waals surface area (Å²) in [5.74, 6) is -8.40. The van der Waals surface area contributed by atoms with Crippen LogP contribution in [0.4, 0.5) is 0 Å². The maximum atomic E-state index is 12.6. The van der Waals surface area contributed by atoms with Gasteiger partial charge in [0.15, 0.2) is 5.92 Å². The summed E-state index contributed by atoms with van der Waals surface area (Å²) >= 11 is 0. The van der Waals surface area contributed by atoms with Crippen LogP contribution in [-0.2, 0) is 33.6 Å². The van der Waals surface area contributed by atoms with Gasteiger partial charge in [-0.15, -0.1) is 0 Å². The fourth-order valence-corrected chi connectivity index (χ4v) is 2.11. The standard InChI is InChI=1S/C20H26N2O10/c1-13(16(24)25)17(26)31-22(15(21)14-9-5-3-6-10-14)32-19(29)20(2,18(27)28)30-12-8-4-7-11-23/h3,5-6,9-10,13,21,23H,4,7-8,11-12H2,1-2H3,(H,24,25)(H,27,28). The molecule has 12 nitrogen and oxygen atoms in total. The van der Waals surface area contributed by atoms with Gasteiger partial charge >= 0.3 is 23.9 Å². The number of amidine groups is 1. The van der Waals surface area contributed by atoms with Gasteiger partial charge in [-0.25, -0.2) is 14.4 Å². The molecule has 0 aliphatic rings. The lowest BCUT2D eigenvalue weighted by atomic mass is 10.1. The van der Waals surface area contributed by atoms with Gasteiger partial charge in [-0.3, -0.25) is 10.2 Å². The molecular formula is C20H26N2O10. The molecule has 176 valence electrons. The second kappa shape index (κ2) is 12.4. The molecule has 0 amide bonds. The number of hydroxylamine groups is 2. The zero-order valence-electron chi connectivity index (χ0n) is 17.6. The molecule has 0 saturated heterocycles. The van der Waals surface area contributed by atoms with Crippen molar-refractivity contribution in [2.45, 2.75) is 38.7 Å². The van der Waals surface area contributed by atoms with Crippen LogP contribution in [0.3, 0.4) is 0 Å². The molecular weight excluding hydrogens is 428 g/mol. The lowest BCUT2D eigenvalue weighted by Crippen LogP contribution is -2.51.